The van der Waals surface area contributed by atoms with Gasteiger partial charge in [-0.2, -0.15) is 4.31 Å². The molecule has 162 valence electrons. The molecular formula is C21H16BrCl3N2O3S. The largest absolute Gasteiger partial charge is 0.325 e. The summed E-state index contributed by atoms with van der Waals surface area (Å²) in [7, 11) is -4.01. The first-order chi connectivity index (χ1) is 14.6. The van der Waals surface area contributed by atoms with E-state index >= 15 is 0 Å². The highest BCUT2D eigenvalue weighted by molar-refractivity contribution is 9.10. The number of hydrogen-bond donors (Lipinski definition) is 1. The van der Waals surface area contributed by atoms with E-state index < -0.39 is 22.5 Å². The summed E-state index contributed by atoms with van der Waals surface area (Å²) in [5.41, 5.74) is 1.12. The Morgan fingerprint density at radius 2 is 1.65 bits per heavy atom. The van der Waals surface area contributed by atoms with Gasteiger partial charge in [0.25, 0.3) is 0 Å². The molecule has 1 amide bonds. The van der Waals surface area contributed by atoms with Gasteiger partial charge in [0.15, 0.2) is 0 Å². The van der Waals surface area contributed by atoms with Crippen molar-refractivity contribution in [1.82, 2.24) is 4.31 Å². The van der Waals surface area contributed by atoms with Crippen LogP contribution in [0.3, 0.4) is 0 Å². The average molecular weight is 563 g/mol. The highest BCUT2D eigenvalue weighted by atomic mass is 79.9. The average Bonchev–Trinajstić information content (AvgIpc) is 2.70. The van der Waals surface area contributed by atoms with E-state index in [2.05, 4.69) is 21.2 Å². The molecule has 3 aromatic rings. The van der Waals surface area contributed by atoms with Crippen molar-refractivity contribution in [3.05, 3.63) is 91.8 Å². The first-order valence-corrected chi connectivity index (χ1v) is 12.3. The molecule has 10 heteroatoms. The summed E-state index contributed by atoms with van der Waals surface area (Å²) in [6.45, 7) is -0.481. The lowest BCUT2D eigenvalue weighted by atomic mass is 10.2. The number of hydrogen-bond acceptors (Lipinski definition) is 3. The van der Waals surface area contributed by atoms with E-state index in [0.29, 0.717) is 26.3 Å². The number of amides is 1. The molecule has 0 fully saturated rings. The number of nitrogens with zero attached hydrogens (tertiary/aromatic N) is 1. The highest BCUT2D eigenvalue weighted by Gasteiger charge is 2.27. The molecule has 31 heavy (non-hydrogen) atoms. The van der Waals surface area contributed by atoms with Gasteiger partial charge in [0.1, 0.15) is 0 Å². The second-order valence-electron chi connectivity index (χ2n) is 6.53. The van der Waals surface area contributed by atoms with Gasteiger partial charge in [-0.3, -0.25) is 4.79 Å². The van der Waals surface area contributed by atoms with Gasteiger partial charge >= 0.3 is 0 Å². The number of sulfonamides is 1. The SMILES string of the molecule is O=C(CN(Cc1ccc(Cl)c(Cl)c1)S(=O)(=O)c1ccc(Cl)cc1)Nc1cccc(Br)c1. The Kier molecular flexibility index (Phi) is 8.02. The number of benzene rings is 3. The Hall–Kier alpha value is -1.61. The molecule has 0 unspecified atom stereocenters. The summed E-state index contributed by atoms with van der Waals surface area (Å²) >= 11 is 21.3. The normalized spacial score (nSPS) is 11.5. The number of carbonyl (C=O) groups is 1. The van der Waals surface area contributed by atoms with Gasteiger partial charge in [0, 0.05) is 21.7 Å². The van der Waals surface area contributed by atoms with Crippen LogP contribution in [0.25, 0.3) is 0 Å². The van der Waals surface area contributed by atoms with Crippen LogP contribution >= 0.6 is 50.7 Å². The zero-order valence-electron chi connectivity index (χ0n) is 15.9. The quantitative estimate of drug-likeness (QED) is 0.371. The maximum absolute atomic E-state index is 13.3. The Morgan fingerprint density at radius 3 is 2.29 bits per heavy atom. The van der Waals surface area contributed by atoms with Crippen LogP contribution in [0, 0.1) is 0 Å². The van der Waals surface area contributed by atoms with E-state index in [9.17, 15) is 13.2 Å². The van der Waals surface area contributed by atoms with Crippen LogP contribution in [0.2, 0.25) is 15.1 Å². The van der Waals surface area contributed by atoms with Gasteiger partial charge in [-0.1, -0.05) is 62.9 Å². The Morgan fingerprint density at radius 1 is 0.935 bits per heavy atom. The van der Waals surface area contributed by atoms with Crippen molar-refractivity contribution in [1.29, 1.82) is 0 Å². The minimum absolute atomic E-state index is 0.0206. The highest BCUT2D eigenvalue weighted by Crippen LogP contribution is 2.26. The molecule has 0 aliphatic heterocycles. The number of rotatable bonds is 7. The predicted molar refractivity (Wildman–Crippen MR) is 128 cm³/mol. The molecule has 0 bridgehead atoms. The third-order valence-corrected chi connectivity index (χ3v) is 7.51. The fraction of sp³-hybridized carbons (Fsp3) is 0.0952. The third kappa shape index (κ3) is 6.44. The molecule has 5 nitrogen and oxygen atoms in total. The minimum atomic E-state index is -4.01. The maximum Gasteiger partial charge on any atom is 0.243 e. The molecule has 3 rings (SSSR count). The topological polar surface area (TPSA) is 66.5 Å². The number of anilines is 1. The molecule has 0 heterocycles. The summed E-state index contributed by atoms with van der Waals surface area (Å²) in [6, 6.07) is 17.6. The molecule has 3 aromatic carbocycles. The van der Waals surface area contributed by atoms with E-state index in [-0.39, 0.29) is 11.4 Å². The molecular weight excluding hydrogens is 547 g/mol. The number of nitrogens with one attached hydrogen (secondary N) is 1. The molecule has 0 atom stereocenters. The minimum Gasteiger partial charge on any atom is -0.325 e. The molecule has 0 saturated carbocycles. The fourth-order valence-electron chi connectivity index (χ4n) is 2.75. The molecule has 0 spiro atoms. The van der Waals surface area contributed by atoms with Gasteiger partial charge < -0.3 is 5.32 Å². The standard InChI is InChI=1S/C21H16BrCl3N2O3S/c22-15-2-1-3-17(11-15)26-21(28)13-27(12-14-4-9-19(24)20(25)10-14)31(29,30)18-7-5-16(23)6-8-18/h1-11H,12-13H2,(H,26,28). The van der Waals surface area contributed by atoms with Gasteiger partial charge in [0.2, 0.25) is 15.9 Å². The predicted octanol–water partition coefficient (Wildman–Crippen LogP) is 6.24. The summed E-state index contributed by atoms with van der Waals surface area (Å²) in [6.07, 6.45) is 0. The van der Waals surface area contributed by atoms with E-state index in [1.807, 2.05) is 6.07 Å². The van der Waals surface area contributed by atoms with Crippen LogP contribution in [-0.4, -0.2) is 25.2 Å². The Balaban J connectivity index is 1.90. The van der Waals surface area contributed by atoms with Crippen molar-refractivity contribution in [3.8, 4) is 0 Å². The molecule has 0 aliphatic rings. The summed E-state index contributed by atoms with van der Waals surface area (Å²) in [5.74, 6) is -0.490. The smallest absolute Gasteiger partial charge is 0.243 e. The van der Waals surface area contributed by atoms with Gasteiger partial charge in [0.05, 0.1) is 21.5 Å². The van der Waals surface area contributed by atoms with Crippen molar-refractivity contribution in [2.24, 2.45) is 0 Å². The number of halogens is 4. The van der Waals surface area contributed by atoms with E-state index in [4.69, 9.17) is 34.8 Å². The lowest BCUT2D eigenvalue weighted by molar-refractivity contribution is -0.116. The maximum atomic E-state index is 13.3. The van der Waals surface area contributed by atoms with Crippen LogP contribution in [0.4, 0.5) is 5.69 Å². The molecule has 0 aliphatic carbocycles. The van der Waals surface area contributed by atoms with Gasteiger partial charge in [-0.25, -0.2) is 8.42 Å². The van der Waals surface area contributed by atoms with Gasteiger partial charge in [-0.15, -0.1) is 0 Å². The van der Waals surface area contributed by atoms with E-state index in [1.165, 1.54) is 24.3 Å². The monoisotopic (exact) mass is 560 g/mol. The second kappa shape index (κ2) is 10.3. The first-order valence-electron chi connectivity index (χ1n) is 8.90. The lowest BCUT2D eigenvalue weighted by Gasteiger charge is -2.22. The van der Waals surface area contributed by atoms with Crippen LogP contribution in [-0.2, 0) is 21.4 Å². The summed E-state index contributed by atoms with van der Waals surface area (Å²) in [4.78, 5) is 12.7. The zero-order valence-corrected chi connectivity index (χ0v) is 20.5. The van der Waals surface area contributed by atoms with E-state index in [0.717, 1.165) is 8.78 Å². The van der Waals surface area contributed by atoms with Crippen LogP contribution in [0.1, 0.15) is 5.56 Å². The Bertz CT molecular complexity index is 1200. The number of carbonyl (C=O) groups excluding carboxylic acids is 1. The van der Waals surface area contributed by atoms with Crippen molar-refractivity contribution in [3.63, 3.8) is 0 Å². The summed E-state index contributed by atoms with van der Waals surface area (Å²) < 4.78 is 28.4. The van der Waals surface area contributed by atoms with Crippen molar-refractivity contribution in [2.45, 2.75) is 11.4 Å². The first kappa shape index (κ1) is 24.0. The van der Waals surface area contributed by atoms with Crippen molar-refractivity contribution in [2.75, 3.05) is 11.9 Å². The molecule has 1 N–H and O–H groups in total. The molecule has 0 radical (unpaired) electrons. The third-order valence-electron chi connectivity index (χ3n) is 4.22. The Labute approximate surface area is 204 Å². The lowest BCUT2D eigenvalue weighted by Crippen LogP contribution is -2.37. The summed E-state index contributed by atoms with van der Waals surface area (Å²) in [5, 5.41) is 3.76. The second-order valence-corrected chi connectivity index (χ2v) is 10.6. The fourth-order valence-corrected chi connectivity index (χ4v) is 4.98. The molecule has 0 saturated heterocycles. The van der Waals surface area contributed by atoms with Crippen molar-refractivity contribution >= 4 is 72.4 Å². The van der Waals surface area contributed by atoms with Crippen LogP contribution in [0.5, 0.6) is 0 Å². The van der Waals surface area contributed by atoms with E-state index in [1.54, 1.807) is 36.4 Å². The molecule has 0 aromatic heterocycles. The van der Waals surface area contributed by atoms with Crippen LogP contribution in [0.15, 0.2) is 76.1 Å². The van der Waals surface area contributed by atoms with Crippen molar-refractivity contribution < 1.29 is 13.2 Å². The zero-order chi connectivity index (χ0) is 22.6. The van der Waals surface area contributed by atoms with Crippen LogP contribution < -0.4 is 5.32 Å². The van der Waals surface area contributed by atoms with Gasteiger partial charge in [-0.05, 0) is 60.2 Å².